The number of hydrogen-bond acceptors (Lipinski definition) is 3. The lowest BCUT2D eigenvalue weighted by atomic mass is 10.1. The number of carbonyl (C=O) groups is 2. The maximum absolute atomic E-state index is 12.4. The van der Waals surface area contributed by atoms with Crippen LogP contribution >= 0.6 is 0 Å². The number of amides is 1. The lowest BCUT2D eigenvalue weighted by molar-refractivity contribution is -0.143. The molecule has 0 bridgehead atoms. The number of ether oxygens (including phenoxy) is 1. The highest BCUT2D eigenvalue weighted by atomic mass is 19.4. The highest BCUT2D eigenvalue weighted by Crippen LogP contribution is 2.29. The maximum Gasteiger partial charge on any atom is 0.416 e. The predicted octanol–water partition coefficient (Wildman–Crippen LogP) is 3.56. The first-order valence-corrected chi connectivity index (χ1v) is 7.45. The van der Waals surface area contributed by atoms with Gasteiger partial charge >= 0.3 is 12.1 Å². The van der Waals surface area contributed by atoms with Crippen molar-refractivity contribution >= 4 is 11.9 Å². The third-order valence-corrected chi connectivity index (χ3v) is 3.12. The summed E-state index contributed by atoms with van der Waals surface area (Å²) in [4.78, 5) is 22.9. The summed E-state index contributed by atoms with van der Waals surface area (Å²) in [6, 6.07) is 4.07. The zero-order valence-corrected chi connectivity index (χ0v) is 12.9. The number of esters is 1. The molecule has 4 nitrogen and oxygen atoms in total. The minimum atomic E-state index is -4.41. The van der Waals surface area contributed by atoms with Crippen molar-refractivity contribution in [2.45, 2.75) is 38.8 Å². The lowest BCUT2D eigenvalue weighted by Gasteiger charge is -2.08. The van der Waals surface area contributed by atoms with Gasteiger partial charge in [-0.15, -0.1) is 0 Å². The Morgan fingerprint density at radius 3 is 2.30 bits per heavy atom. The minimum absolute atomic E-state index is 0.185. The molecule has 7 heteroatoms. The van der Waals surface area contributed by atoms with Crippen LogP contribution in [0.3, 0.4) is 0 Å². The van der Waals surface area contributed by atoms with Crippen molar-refractivity contribution in [3.8, 4) is 0 Å². The van der Waals surface area contributed by atoms with E-state index in [1.54, 1.807) is 6.92 Å². The summed E-state index contributed by atoms with van der Waals surface area (Å²) in [7, 11) is 0. The molecule has 128 valence electrons. The molecule has 1 N–H and O–H groups in total. The molecule has 1 amide bonds. The summed E-state index contributed by atoms with van der Waals surface area (Å²) in [6.45, 7) is 2.51. The summed E-state index contributed by atoms with van der Waals surface area (Å²) in [6.07, 6.45) is -1.94. The second-order valence-electron chi connectivity index (χ2n) is 4.95. The van der Waals surface area contributed by atoms with Gasteiger partial charge in [-0.3, -0.25) is 9.59 Å². The van der Waals surface area contributed by atoms with Crippen LogP contribution in [-0.4, -0.2) is 25.0 Å². The molecule has 0 atom stereocenters. The molecule has 0 spiro atoms. The SMILES string of the molecule is CCOC(=O)CCCCCNC(=O)c1ccc(C(F)(F)F)cc1. The van der Waals surface area contributed by atoms with Crippen molar-refractivity contribution in [2.24, 2.45) is 0 Å². The molecule has 1 aromatic carbocycles. The normalized spacial score (nSPS) is 11.1. The van der Waals surface area contributed by atoms with Crippen molar-refractivity contribution < 1.29 is 27.5 Å². The van der Waals surface area contributed by atoms with Crippen LogP contribution in [-0.2, 0) is 15.7 Å². The monoisotopic (exact) mass is 331 g/mol. The van der Waals surface area contributed by atoms with Gasteiger partial charge in [0.2, 0.25) is 0 Å². The van der Waals surface area contributed by atoms with Gasteiger partial charge in [-0.05, 0) is 44.0 Å². The minimum Gasteiger partial charge on any atom is -0.466 e. The molecule has 1 rings (SSSR count). The highest BCUT2D eigenvalue weighted by Gasteiger charge is 2.30. The van der Waals surface area contributed by atoms with Crippen LogP contribution in [0.15, 0.2) is 24.3 Å². The number of benzene rings is 1. The maximum atomic E-state index is 12.4. The molecule has 0 fully saturated rings. The lowest BCUT2D eigenvalue weighted by Crippen LogP contribution is -2.24. The molecule has 0 radical (unpaired) electrons. The van der Waals surface area contributed by atoms with Gasteiger partial charge in [-0.2, -0.15) is 13.2 Å². The van der Waals surface area contributed by atoms with Gasteiger partial charge in [-0.1, -0.05) is 6.42 Å². The zero-order valence-electron chi connectivity index (χ0n) is 12.9. The standard InChI is InChI=1S/C16H20F3NO3/c1-2-23-14(21)6-4-3-5-11-20-15(22)12-7-9-13(10-8-12)16(17,18)19/h7-10H,2-6,11H2,1H3,(H,20,22). The van der Waals surface area contributed by atoms with Crippen LogP contribution in [0.4, 0.5) is 13.2 Å². The summed E-state index contributed by atoms with van der Waals surface area (Å²) in [5.74, 6) is -0.648. The first-order valence-electron chi connectivity index (χ1n) is 7.45. The van der Waals surface area contributed by atoms with Crippen LogP contribution < -0.4 is 5.32 Å². The Morgan fingerprint density at radius 1 is 1.09 bits per heavy atom. The van der Waals surface area contributed by atoms with E-state index in [4.69, 9.17) is 4.74 Å². The number of halogens is 3. The third kappa shape index (κ3) is 7.17. The molecule has 0 aliphatic heterocycles. The fourth-order valence-corrected chi connectivity index (χ4v) is 1.92. The topological polar surface area (TPSA) is 55.4 Å². The Kier molecular flexibility index (Phi) is 7.57. The number of nitrogens with one attached hydrogen (secondary N) is 1. The van der Waals surface area contributed by atoms with Gasteiger partial charge in [0.25, 0.3) is 5.91 Å². The van der Waals surface area contributed by atoms with E-state index in [1.165, 1.54) is 0 Å². The number of rotatable bonds is 8. The Bertz CT molecular complexity index is 512. The van der Waals surface area contributed by atoms with E-state index in [-0.39, 0.29) is 11.5 Å². The summed E-state index contributed by atoms with van der Waals surface area (Å²) >= 11 is 0. The quantitative estimate of drug-likeness (QED) is 0.585. The molecule has 0 aliphatic rings. The van der Waals surface area contributed by atoms with Crippen molar-refractivity contribution in [1.29, 1.82) is 0 Å². The number of alkyl halides is 3. The molecule has 0 saturated carbocycles. The van der Waals surface area contributed by atoms with Crippen molar-refractivity contribution in [3.05, 3.63) is 35.4 Å². The molecular formula is C16H20F3NO3. The Labute approximate surface area is 133 Å². The summed E-state index contributed by atoms with van der Waals surface area (Å²) in [5, 5.41) is 2.63. The van der Waals surface area contributed by atoms with E-state index in [2.05, 4.69) is 5.32 Å². The Balaban J connectivity index is 2.25. The van der Waals surface area contributed by atoms with Gasteiger partial charge in [0.05, 0.1) is 12.2 Å². The molecule has 0 heterocycles. The van der Waals surface area contributed by atoms with Crippen LogP contribution in [0.2, 0.25) is 0 Å². The second kappa shape index (κ2) is 9.17. The van der Waals surface area contributed by atoms with E-state index in [0.29, 0.717) is 32.4 Å². The molecule has 0 saturated heterocycles. The van der Waals surface area contributed by atoms with Crippen LogP contribution in [0.5, 0.6) is 0 Å². The van der Waals surface area contributed by atoms with Crippen molar-refractivity contribution in [3.63, 3.8) is 0 Å². The zero-order chi connectivity index (χ0) is 17.3. The van der Waals surface area contributed by atoms with Crippen molar-refractivity contribution in [2.75, 3.05) is 13.2 Å². The van der Waals surface area contributed by atoms with Gasteiger partial charge in [0.15, 0.2) is 0 Å². The first kappa shape index (κ1) is 19.0. The third-order valence-electron chi connectivity index (χ3n) is 3.12. The van der Waals surface area contributed by atoms with Gasteiger partial charge < -0.3 is 10.1 Å². The fraction of sp³-hybridized carbons (Fsp3) is 0.500. The molecule has 0 aromatic heterocycles. The fourth-order valence-electron chi connectivity index (χ4n) is 1.92. The highest BCUT2D eigenvalue weighted by molar-refractivity contribution is 5.94. The van der Waals surface area contributed by atoms with Gasteiger partial charge in [-0.25, -0.2) is 0 Å². The van der Waals surface area contributed by atoms with Crippen LogP contribution in [0.1, 0.15) is 48.5 Å². The first-order chi connectivity index (χ1) is 10.8. The Hall–Kier alpha value is -2.05. The van der Waals surface area contributed by atoms with Crippen LogP contribution in [0.25, 0.3) is 0 Å². The van der Waals surface area contributed by atoms with E-state index in [9.17, 15) is 22.8 Å². The molecular weight excluding hydrogens is 311 g/mol. The van der Waals surface area contributed by atoms with E-state index >= 15 is 0 Å². The van der Waals surface area contributed by atoms with Gasteiger partial charge in [0.1, 0.15) is 0 Å². The Morgan fingerprint density at radius 2 is 1.74 bits per heavy atom. The average Bonchev–Trinajstić information content (AvgIpc) is 2.50. The van der Waals surface area contributed by atoms with E-state index < -0.39 is 17.6 Å². The van der Waals surface area contributed by atoms with Gasteiger partial charge in [0, 0.05) is 18.5 Å². The van der Waals surface area contributed by atoms with Crippen molar-refractivity contribution in [1.82, 2.24) is 5.32 Å². The number of hydrogen-bond donors (Lipinski definition) is 1. The molecule has 0 unspecified atom stereocenters. The average molecular weight is 331 g/mol. The molecule has 1 aromatic rings. The summed E-state index contributed by atoms with van der Waals surface area (Å²) < 4.78 is 42.0. The number of carbonyl (C=O) groups excluding carboxylic acids is 2. The van der Waals surface area contributed by atoms with E-state index in [0.717, 1.165) is 30.7 Å². The predicted molar refractivity (Wildman–Crippen MR) is 78.9 cm³/mol. The molecule has 0 aliphatic carbocycles. The second-order valence-corrected chi connectivity index (χ2v) is 4.95. The summed E-state index contributed by atoms with van der Waals surface area (Å²) in [5.41, 5.74) is -0.600. The number of unbranched alkanes of at least 4 members (excludes halogenated alkanes) is 2. The smallest absolute Gasteiger partial charge is 0.416 e. The molecule has 23 heavy (non-hydrogen) atoms. The van der Waals surface area contributed by atoms with Crippen LogP contribution in [0, 0.1) is 0 Å². The largest absolute Gasteiger partial charge is 0.466 e. The van der Waals surface area contributed by atoms with E-state index in [1.807, 2.05) is 0 Å².